The van der Waals surface area contributed by atoms with E-state index in [2.05, 4.69) is 5.32 Å². The van der Waals surface area contributed by atoms with Gasteiger partial charge in [-0.25, -0.2) is 0 Å². The Morgan fingerprint density at radius 1 is 1.44 bits per heavy atom. The minimum Gasteiger partial charge on any atom is -0.493 e. The summed E-state index contributed by atoms with van der Waals surface area (Å²) in [5, 5.41) is 2.69. The van der Waals surface area contributed by atoms with Crippen molar-refractivity contribution in [3.8, 4) is 5.75 Å². The van der Waals surface area contributed by atoms with E-state index in [1.54, 1.807) is 18.2 Å². The molecule has 5 heteroatoms. The molecule has 0 unspecified atom stereocenters. The molecule has 2 amide bonds. The molecule has 1 saturated heterocycles. The van der Waals surface area contributed by atoms with E-state index in [-0.39, 0.29) is 18.4 Å². The van der Waals surface area contributed by atoms with Gasteiger partial charge in [0.15, 0.2) is 0 Å². The molecule has 0 bridgehead atoms. The first kappa shape index (κ1) is 12.4. The summed E-state index contributed by atoms with van der Waals surface area (Å²) in [4.78, 5) is 25.1. The maximum absolute atomic E-state index is 12.3. The maximum Gasteiger partial charge on any atom is 0.258 e. The molecule has 1 N–H and O–H groups in total. The quantitative estimate of drug-likeness (QED) is 0.854. The first-order valence-corrected chi connectivity index (χ1v) is 6.00. The van der Waals surface area contributed by atoms with Crippen LogP contribution in [0, 0.1) is 0 Å². The molecule has 1 aliphatic heterocycles. The van der Waals surface area contributed by atoms with Crippen LogP contribution in [0.25, 0.3) is 0 Å². The zero-order valence-corrected chi connectivity index (χ0v) is 10.3. The van der Waals surface area contributed by atoms with Gasteiger partial charge in [0.25, 0.3) is 5.91 Å². The number of nitrogens with zero attached hydrogens (tertiary/aromatic N) is 1. The van der Waals surface area contributed by atoms with Gasteiger partial charge in [0.1, 0.15) is 5.75 Å². The number of ether oxygens (including phenoxy) is 1. The normalized spacial score (nSPS) is 15.2. The fourth-order valence-electron chi connectivity index (χ4n) is 1.91. The molecule has 0 spiro atoms. The second kappa shape index (κ2) is 5.53. The van der Waals surface area contributed by atoms with Gasteiger partial charge < -0.3 is 15.0 Å². The minimum absolute atomic E-state index is 0.110. The average Bonchev–Trinajstić information content (AvgIpc) is 2.39. The van der Waals surface area contributed by atoms with Gasteiger partial charge in [0.2, 0.25) is 5.91 Å². The van der Waals surface area contributed by atoms with Gasteiger partial charge in [-0.3, -0.25) is 9.59 Å². The molecule has 5 nitrogen and oxygen atoms in total. The molecule has 18 heavy (non-hydrogen) atoms. The van der Waals surface area contributed by atoms with Gasteiger partial charge in [-0.2, -0.15) is 0 Å². The maximum atomic E-state index is 12.3. The Balaban J connectivity index is 2.19. The molecule has 1 aliphatic rings. The monoisotopic (exact) mass is 248 g/mol. The van der Waals surface area contributed by atoms with Crippen molar-refractivity contribution >= 4 is 11.8 Å². The summed E-state index contributed by atoms with van der Waals surface area (Å²) < 4.78 is 5.43. The number of amides is 2. The highest BCUT2D eigenvalue weighted by atomic mass is 16.5. The molecular formula is C13H16N2O3. The molecule has 0 aromatic heterocycles. The van der Waals surface area contributed by atoms with Crippen LogP contribution in [0.15, 0.2) is 24.3 Å². The predicted molar refractivity (Wildman–Crippen MR) is 66.5 cm³/mol. The second-order valence-electron chi connectivity index (χ2n) is 4.01. The van der Waals surface area contributed by atoms with E-state index >= 15 is 0 Å². The lowest BCUT2D eigenvalue weighted by Crippen LogP contribution is -2.50. The van der Waals surface area contributed by atoms with Crippen molar-refractivity contribution in [1.29, 1.82) is 0 Å². The fraction of sp³-hybridized carbons (Fsp3) is 0.385. The Morgan fingerprint density at radius 2 is 2.22 bits per heavy atom. The van der Waals surface area contributed by atoms with E-state index in [9.17, 15) is 9.59 Å². The first-order valence-electron chi connectivity index (χ1n) is 6.00. The fourth-order valence-corrected chi connectivity index (χ4v) is 1.91. The summed E-state index contributed by atoms with van der Waals surface area (Å²) >= 11 is 0. The molecule has 96 valence electrons. The molecule has 1 fully saturated rings. The lowest BCUT2D eigenvalue weighted by molar-refractivity contribution is -0.123. The van der Waals surface area contributed by atoms with Crippen LogP contribution in [0.5, 0.6) is 5.75 Å². The molecular weight excluding hydrogens is 232 g/mol. The van der Waals surface area contributed by atoms with Crippen molar-refractivity contribution in [3.05, 3.63) is 29.8 Å². The van der Waals surface area contributed by atoms with Crippen LogP contribution < -0.4 is 10.1 Å². The standard InChI is InChI=1S/C13H16N2O3/c1-2-18-11-6-4-3-5-10(11)13(17)15-8-7-14-12(16)9-15/h3-6H,2,7-9H2,1H3,(H,14,16). The third-order valence-corrected chi connectivity index (χ3v) is 2.74. The summed E-state index contributed by atoms with van der Waals surface area (Å²) in [5.41, 5.74) is 0.508. The topological polar surface area (TPSA) is 58.6 Å². The van der Waals surface area contributed by atoms with Gasteiger partial charge in [0.05, 0.1) is 18.7 Å². The molecule has 0 saturated carbocycles. The van der Waals surface area contributed by atoms with Crippen molar-refractivity contribution in [2.24, 2.45) is 0 Å². The highest BCUT2D eigenvalue weighted by molar-refractivity contribution is 5.99. The molecule has 1 aromatic carbocycles. The summed E-state index contributed by atoms with van der Waals surface area (Å²) in [6, 6.07) is 7.10. The summed E-state index contributed by atoms with van der Waals surface area (Å²) in [6.45, 7) is 3.52. The van der Waals surface area contributed by atoms with E-state index in [1.807, 2.05) is 13.0 Å². The number of benzene rings is 1. The SMILES string of the molecule is CCOc1ccccc1C(=O)N1CCNC(=O)C1. The van der Waals surface area contributed by atoms with Gasteiger partial charge in [-0.05, 0) is 19.1 Å². The molecule has 0 atom stereocenters. The van der Waals surface area contributed by atoms with Crippen molar-refractivity contribution in [2.75, 3.05) is 26.2 Å². The first-order chi connectivity index (χ1) is 8.72. The number of carbonyl (C=O) groups excluding carboxylic acids is 2. The minimum atomic E-state index is -0.158. The number of hydrogen-bond donors (Lipinski definition) is 1. The number of para-hydroxylation sites is 1. The largest absolute Gasteiger partial charge is 0.493 e. The third kappa shape index (κ3) is 2.61. The van der Waals surface area contributed by atoms with Crippen molar-refractivity contribution in [1.82, 2.24) is 10.2 Å². The van der Waals surface area contributed by atoms with Crippen LogP contribution in [0.1, 0.15) is 17.3 Å². The van der Waals surface area contributed by atoms with Gasteiger partial charge in [-0.15, -0.1) is 0 Å². The molecule has 0 aliphatic carbocycles. The lowest BCUT2D eigenvalue weighted by Gasteiger charge is -2.27. The number of rotatable bonds is 3. The van der Waals surface area contributed by atoms with E-state index < -0.39 is 0 Å². The molecule has 1 heterocycles. The van der Waals surface area contributed by atoms with Gasteiger partial charge in [-0.1, -0.05) is 12.1 Å². The van der Waals surface area contributed by atoms with Crippen LogP contribution in [-0.4, -0.2) is 43.0 Å². The predicted octanol–water partition coefficient (Wildman–Crippen LogP) is 0.657. The van der Waals surface area contributed by atoms with Crippen molar-refractivity contribution in [2.45, 2.75) is 6.92 Å². The van der Waals surface area contributed by atoms with E-state index in [0.29, 0.717) is 31.0 Å². The smallest absolute Gasteiger partial charge is 0.258 e. The Bertz CT molecular complexity index is 459. The second-order valence-corrected chi connectivity index (χ2v) is 4.01. The van der Waals surface area contributed by atoms with Crippen LogP contribution in [0.4, 0.5) is 0 Å². The Hall–Kier alpha value is -2.04. The molecule has 0 radical (unpaired) electrons. The van der Waals surface area contributed by atoms with Gasteiger partial charge >= 0.3 is 0 Å². The Labute approximate surface area is 106 Å². The van der Waals surface area contributed by atoms with Gasteiger partial charge in [0, 0.05) is 13.1 Å². The van der Waals surface area contributed by atoms with E-state index in [4.69, 9.17) is 4.74 Å². The lowest BCUT2D eigenvalue weighted by atomic mass is 10.1. The molecule has 2 rings (SSSR count). The highest BCUT2D eigenvalue weighted by Crippen LogP contribution is 2.20. The molecule has 1 aromatic rings. The number of piperazine rings is 1. The zero-order valence-electron chi connectivity index (χ0n) is 10.3. The number of hydrogen-bond acceptors (Lipinski definition) is 3. The van der Waals surface area contributed by atoms with Crippen molar-refractivity contribution in [3.63, 3.8) is 0 Å². The van der Waals surface area contributed by atoms with E-state index in [1.165, 1.54) is 4.90 Å². The zero-order chi connectivity index (χ0) is 13.0. The van der Waals surface area contributed by atoms with E-state index in [0.717, 1.165) is 0 Å². The van der Waals surface area contributed by atoms with Crippen molar-refractivity contribution < 1.29 is 14.3 Å². The Morgan fingerprint density at radius 3 is 2.94 bits per heavy atom. The number of nitrogens with one attached hydrogen (secondary N) is 1. The third-order valence-electron chi connectivity index (χ3n) is 2.74. The average molecular weight is 248 g/mol. The van der Waals surface area contributed by atoms with Crippen LogP contribution in [-0.2, 0) is 4.79 Å². The van der Waals surface area contributed by atoms with Crippen LogP contribution in [0.3, 0.4) is 0 Å². The summed E-state index contributed by atoms with van der Waals surface area (Å²) in [6.07, 6.45) is 0. The van der Waals surface area contributed by atoms with Crippen LogP contribution >= 0.6 is 0 Å². The summed E-state index contributed by atoms with van der Waals surface area (Å²) in [5.74, 6) is 0.286. The number of carbonyl (C=O) groups is 2. The summed E-state index contributed by atoms with van der Waals surface area (Å²) in [7, 11) is 0. The highest BCUT2D eigenvalue weighted by Gasteiger charge is 2.24. The van der Waals surface area contributed by atoms with Crippen LogP contribution in [0.2, 0.25) is 0 Å². The Kier molecular flexibility index (Phi) is 3.82.